The van der Waals surface area contributed by atoms with Crippen LogP contribution in [0, 0.1) is 0 Å². The number of hydrogen-bond acceptors (Lipinski definition) is 4. The van der Waals surface area contributed by atoms with E-state index in [1.807, 2.05) is 0 Å². The molecule has 0 atom stereocenters. The van der Waals surface area contributed by atoms with Crippen molar-refractivity contribution in [2.45, 2.75) is 0 Å². The molecular weight excluding hydrogens is 168 g/mol. The lowest BCUT2D eigenvalue weighted by molar-refractivity contribution is 0.591. The molecule has 2 N–H and O–H groups in total. The Morgan fingerprint density at radius 2 is 1.55 bits per heavy atom. The number of amidine groups is 2. The summed E-state index contributed by atoms with van der Waals surface area (Å²) in [6, 6.07) is 0. The van der Waals surface area contributed by atoms with Crippen LogP contribution in [0.2, 0.25) is 0 Å². The lowest BCUT2D eigenvalue weighted by Crippen LogP contribution is -2.26. The van der Waals surface area contributed by atoms with E-state index in [0.717, 1.165) is 0 Å². The largest absolute Gasteiger partial charge is 0.324 e. The number of aliphatic imine (C=N–C) groups is 2. The van der Waals surface area contributed by atoms with Crippen molar-refractivity contribution in [1.29, 1.82) is 0 Å². The minimum atomic E-state index is -3.39. The molecule has 0 aromatic heterocycles. The third-order valence-corrected chi connectivity index (χ3v) is 2.25. The van der Waals surface area contributed by atoms with Gasteiger partial charge in [0.05, 0.1) is 13.1 Å². The Balaban J connectivity index is 2.44. The summed E-state index contributed by atoms with van der Waals surface area (Å²) in [5, 5.41) is 0. The van der Waals surface area contributed by atoms with Gasteiger partial charge < -0.3 is 0 Å². The Hall–Kier alpha value is -1.11. The quantitative estimate of drug-likeness (QED) is 0.456. The monoisotopic (exact) mass is 174 g/mol. The van der Waals surface area contributed by atoms with Crippen LogP contribution in [0.15, 0.2) is 9.98 Å². The van der Waals surface area contributed by atoms with Gasteiger partial charge in [-0.3, -0.25) is 9.98 Å². The van der Waals surface area contributed by atoms with Gasteiger partial charge in [0.2, 0.25) is 0 Å². The van der Waals surface area contributed by atoms with E-state index >= 15 is 0 Å². The highest BCUT2D eigenvalue weighted by Crippen LogP contribution is 1.98. The Bertz CT molecular complexity index is 313. The second-order valence-electron chi connectivity index (χ2n) is 2.17. The molecule has 1 saturated heterocycles. The molecule has 0 amide bonds. The zero-order chi connectivity index (χ0) is 7.90. The van der Waals surface area contributed by atoms with Crippen molar-refractivity contribution in [1.82, 2.24) is 9.44 Å². The van der Waals surface area contributed by atoms with Crippen molar-refractivity contribution < 1.29 is 8.42 Å². The summed E-state index contributed by atoms with van der Waals surface area (Å²) in [6.07, 6.45) is 0. The molecule has 7 heteroatoms. The van der Waals surface area contributed by atoms with Gasteiger partial charge in [0.1, 0.15) is 0 Å². The van der Waals surface area contributed by atoms with Gasteiger partial charge in [0.15, 0.2) is 11.7 Å². The molecule has 0 bridgehead atoms. The molecule has 0 aliphatic carbocycles. The standard InChI is InChI=1S/C4H6N4O2S/c9-11(10)7-3-4(8-11)6-2-1-5-3/h1-2H2,(H,5,7)(H,6,8). The van der Waals surface area contributed by atoms with Gasteiger partial charge >= 0.3 is 10.2 Å². The molecule has 0 radical (unpaired) electrons. The minimum Gasteiger partial charge on any atom is -0.263 e. The van der Waals surface area contributed by atoms with Gasteiger partial charge in [0, 0.05) is 0 Å². The summed E-state index contributed by atoms with van der Waals surface area (Å²) in [5.74, 6) is 0.660. The summed E-state index contributed by atoms with van der Waals surface area (Å²) in [4.78, 5) is 7.84. The van der Waals surface area contributed by atoms with E-state index in [9.17, 15) is 8.42 Å². The number of nitrogens with one attached hydrogen (secondary N) is 2. The second kappa shape index (κ2) is 1.94. The Morgan fingerprint density at radius 3 is 2.00 bits per heavy atom. The van der Waals surface area contributed by atoms with Crippen molar-refractivity contribution >= 4 is 21.9 Å². The highest BCUT2D eigenvalue weighted by Gasteiger charge is 2.28. The molecule has 0 spiro atoms. The Labute approximate surface area is 63.6 Å². The summed E-state index contributed by atoms with van der Waals surface area (Å²) < 4.78 is 26.1. The molecule has 0 aromatic rings. The van der Waals surface area contributed by atoms with Crippen molar-refractivity contribution in [2.75, 3.05) is 13.1 Å². The first-order chi connectivity index (χ1) is 5.17. The maximum Gasteiger partial charge on any atom is 0.324 e. The average Bonchev–Trinajstić information content (AvgIpc) is 2.21. The van der Waals surface area contributed by atoms with Crippen LogP contribution in [0.4, 0.5) is 0 Å². The fraction of sp³-hybridized carbons (Fsp3) is 0.500. The van der Waals surface area contributed by atoms with Crippen molar-refractivity contribution in [2.24, 2.45) is 9.98 Å². The molecule has 2 rings (SSSR count). The van der Waals surface area contributed by atoms with Gasteiger partial charge in [-0.15, -0.1) is 0 Å². The fourth-order valence-corrected chi connectivity index (χ4v) is 1.80. The molecular formula is C4H6N4O2S. The topological polar surface area (TPSA) is 82.9 Å². The molecule has 1 fully saturated rings. The third kappa shape index (κ3) is 1.07. The zero-order valence-corrected chi connectivity index (χ0v) is 6.35. The van der Waals surface area contributed by atoms with Crippen LogP contribution in [0.25, 0.3) is 0 Å². The molecule has 0 aromatic carbocycles. The van der Waals surface area contributed by atoms with Crippen LogP contribution in [-0.4, -0.2) is 33.2 Å². The lowest BCUT2D eigenvalue weighted by Gasteiger charge is -2.01. The third-order valence-electron chi connectivity index (χ3n) is 1.33. The number of nitrogens with zero attached hydrogens (tertiary/aromatic N) is 2. The lowest BCUT2D eigenvalue weighted by atomic mass is 10.4. The van der Waals surface area contributed by atoms with Gasteiger partial charge in [-0.1, -0.05) is 0 Å². The van der Waals surface area contributed by atoms with Crippen LogP contribution < -0.4 is 9.44 Å². The number of rotatable bonds is 0. The smallest absolute Gasteiger partial charge is 0.263 e. The van der Waals surface area contributed by atoms with Crippen molar-refractivity contribution in [3.8, 4) is 0 Å². The molecule has 2 aliphatic rings. The van der Waals surface area contributed by atoms with Crippen LogP contribution in [0.3, 0.4) is 0 Å². The zero-order valence-electron chi connectivity index (χ0n) is 5.53. The number of fused-ring (bicyclic) bond motifs is 1. The summed E-state index contributed by atoms with van der Waals surface area (Å²) in [7, 11) is -3.39. The average molecular weight is 174 g/mol. The molecule has 0 unspecified atom stereocenters. The number of hydrogen-bond donors (Lipinski definition) is 2. The van der Waals surface area contributed by atoms with Crippen LogP contribution in [0.1, 0.15) is 0 Å². The predicted octanol–water partition coefficient (Wildman–Crippen LogP) is -1.77. The maximum atomic E-state index is 10.8. The summed E-state index contributed by atoms with van der Waals surface area (Å²) in [5.41, 5.74) is 0. The molecule has 0 saturated carbocycles. The van der Waals surface area contributed by atoms with E-state index in [1.165, 1.54) is 0 Å². The summed E-state index contributed by atoms with van der Waals surface area (Å²) >= 11 is 0. The molecule has 60 valence electrons. The Kier molecular flexibility index (Phi) is 1.16. The SMILES string of the molecule is O=S1(=O)NC2=NCCN=C2N1. The van der Waals surface area contributed by atoms with Gasteiger partial charge in [-0.05, 0) is 0 Å². The molecule has 11 heavy (non-hydrogen) atoms. The maximum absolute atomic E-state index is 10.8. The normalized spacial score (nSPS) is 25.8. The van der Waals surface area contributed by atoms with Crippen LogP contribution >= 0.6 is 0 Å². The predicted molar refractivity (Wildman–Crippen MR) is 39.8 cm³/mol. The summed E-state index contributed by atoms with van der Waals surface area (Å²) in [6.45, 7) is 1.09. The minimum absolute atomic E-state index is 0.330. The second-order valence-corrected chi connectivity index (χ2v) is 3.58. The van der Waals surface area contributed by atoms with E-state index in [0.29, 0.717) is 24.8 Å². The van der Waals surface area contributed by atoms with E-state index in [2.05, 4.69) is 19.4 Å². The first-order valence-corrected chi connectivity index (χ1v) is 4.55. The van der Waals surface area contributed by atoms with E-state index < -0.39 is 10.2 Å². The highest BCUT2D eigenvalue weighted by molar-refractivity contribution is 7.89. The van der Waals surface area contributed by atoms with E-state index in [1.54, 1.807) is 0 Å². The molecule has 2 aliphatic heterocycles. The van der Waals surface area contributed by atoms with Crippen molar-refractivity contribution in [3.63, 3.8) is 0 Å². The van der Waals surface area contributed by atoms with Gasteiger partial charge in [0.25, 0.3) is 0 Å². The van der Waals surface area contributed by atoms with E-state index in [-0.39, 0.29) is 0 Å². The first kappa shape index (κ1) is 6.59. The van der Waals surface area contributed by atoms with Crippen molar-refractivity contribution in [3.05, 3.63) is 0 Å². The first-order valence-electron chi connectivity index (χ1n) is 3.07. The fourth-order valence-electron chi connectivity index (χ4n) is 0.915. The van der Waals surface area contributed by atoms with Gasteiger partial charge in [-0.2, -0.15) is 8.42 Å². The van der Waals surface area contributed by atoms with Crippen LogP contribution in [0.5, 0.6) is 0 Å². The van der Waals surface area contributed by atoms with Crippen LogP contribution in [-0.2, 0) is 10.2 Å². The van der Waals surface area contributed by atoms with E-state index in [4.69, 9.17) is 0 Å². The molecule has 2 heterocycles. The van der Waals surface area contributed by atoms with Gasteiger partial charge in [-0.25, -0.2) is 9.44 Å². The Morgan fingerprint density at radius 1 is 1.09 bits per heavy atom. The molecule has 6 nitrogen and oxygen atoms in total. The highest BCUT2D eigenvalue weighted by atomic mass is 32.2.